The molecule has 0 aliphatic heterocycles. The van der Waals surface area contributed by atoms with Crippen LogP contribution < -0.4 is 5.14 Å². The van der Waals surface area contributed by atoms with Gasteiger partial charge in [0.15, 0.2) is 0 Å². The zero-order chi connectivity index (χ0) is 11.5. The van der Waals surface area contributed by atoms with Gasteiger partial charge >= 0.3 is 0 Å². The minimum atomic E-state index is -3.68. The van der Waals surface area contributed by atoms with Crippen LogP contribution in [0.2, 0.25) is 0 Å². The van der Waals surface area contributed by atoms with E-state index in [1.54, 1.807) is 18.2 Å². The topological polar surface area (TPSA) is 60.2 Å². The van der Waals surface area contributed by atoms with Gasteiger partial charge in [-0.2, -0.15) is 0 Å². The van der Waals surface area contributed by atoms with Crippen molar-refractivity contribution in [3.05, 3.63) is 29.8 Å². The Hall–Kier alpha value is -1.31. The van der Waals surface area contributed by atoms with Crippen molar-refractivity contribution in [1.29, 1.82) is 0 Å². The summed E-state index contributed by atoms with van der Waals surface area (Å²) in [6, 6.07) is 6.47. The van der Waals surface area contributed by atoms with Gasteiger partial charge in [0.05, 0.1) is 4.90 Å². The highest BCUT2D eigenvalue weighted by atomic mass is 32.2. The fourth-order valence-corrected chi connectivity index (χ4v) is 1.73. The van der Waals surface area contributed by atoms with Gasteiger partial charge in [-0.3, -0.25) is 0 Å². The van der Waals surface area contributed by atoms with E-state index in [0.717, 1.165) is 0 Å². The number of hydrogen-bond donors (Lipinski definition) is 1. The molecule has 0 bridgehead atoms. The van der Waals surface area contributed by atoms with Crippen molar-refractivity contribution in [2.75, 3.05) is 0 Å². The van der Waals surface area contributed by atoms with Crippen molar-refractivity contribution >= 4 is 10.0 Å². The molecular formula is C11H13NO2S. The van der Waals surface area contributed by atoms with Gasteiger partial charge < -0.3 is 0 Å². The van der Waals surface area contributed by atoms with E-state index >= 15 is 0 Å². The smallest absolute Gasteiger partial charge is 0.225 e. The van der Waals surface area contributed by atoms with Crippen LogP contribution in [0.3, 0.4) is 0 Å². The average Bonchev–Trinajstić information content (AvgIpc) is 2.13. The number of benzene rings is 1. The van der Waals surface area contributed by atoms with Gasteiger partial charge in [0.1, 0.15) is 0 Å². The lowest BCUT2D eigenvalue weighted by Gasteiger charge is -2.00. The minimum Gasteiger partial charge on any atom is -0.225 e. The number of primary sulfonamides is 1. The standard InChI is InChI=1S/C11H13NO2S/c1-9(2)7-8-10-5-3-4-6-11(10)15(12,13)14/h3-6,9H,1-2H3,(H2,12,13,14). The molecule has 0 saturated carbocycles. The Bertz CT molecular complexity index is 507. The van der Waals surface area contributed by atoms with E-state index in [4.69, 9.17) is 5.14 Å². The molecule has 0 fully saturated rings. The summed E-state index contributed by atoms with van der Waals surface area (Å²) in [6.07, 6.45) is 0. The Morgan fingerprint density at radius 2 is 1.87 bits per heavy atom. The maximum absolute atomic E-state index is 11.2. The van der Waals surface area contributed by atoms with Crippen LogP contribution in [0.4, 0.5) is 0 Å². The highest BCUT2D eigenvalue weighted by molar-refractivity contribution is 7.89. The molecule has 0 aromatic heterocycles. The summed E-state index contributed by atoms with van der Waals surface area (Å²) >= 11 is 0. The first-order valence-corrected chi connectivity index (χ1v) is 6.09. The predicted molar refractivity (Wildman–Crippen MR) is 59.5 cm³/mol. The molecule has 3 nitrogen and oxygen atoms in total. The molecule has 0 amide bonds. The molecule has 0 radical (unpaired) electrons. The molecule has 0 aliphatic rings. The number of sulfonamides is 1. The molecule has 0 heterocycles. The summed E-state index contributed by atoms with van der Waals surface area (Å²) in [4.78, 5) is 0.0816. The van der Waals surface area contributed by atoms with Crippen LogP contribution in [0.5, 0.6) is 0 Å². The Labute approximate surface area is 90.4 Å². The van der Waals surface area contributed by atoms with Gasteiger partial charge in [0.2, 0.25) is 10.0 Å². The van der Waals surface area contributed by atoms with Crippen LogP contribution in [-0.2, 0) is 10.0 Å². The van der Waals surface area contributed by atoms with Crippen LogP contribution >= 0.6 is 0 Å². The second-order valence-electron chi connectivity index (χ2n) is 3.47. The van der Waals surface area contributed by atoms with Crippen molar-refractivity contribution in [2.24, 2.45) is 11.1 Å². The number of rotatable bonds is 1. The second kappa shape index (κ2) is 4.47. The quantitative estimate of drug-likeness (QED) is 0.730. The van der Waals surface area contributed by atoms with Crippen LogP contribution in [0.15, 0.2) is 29.2 Å². The van der Waals surface area contributed by atoms with Gasteiger partial charge in [-0.1, -0.05) is 37.8 Å². The minimum absolute atomic E-state index is 0.0816. The maximum atomic E-state index is 11.2. The highest BCUT2D eigenvalue weighted by Crippen LogP contribution is 2.12. The van der Waals surface area contributed by atoms with E-state index in [0.29, 0.717) is 5.56 Å². The molecule has 1 aromatic carbocycles. The molecule has 0 unspecified atom stereocenters. The lowest BCUT2D eigenvalue weighted by Crippen LogP contribution is -2.13. The Morgan fingerprint density at radius 3 is 2.40 bits per heavy atom. The third-order valence-corrected chi connectivity index (χ3v) is 2.66. The summed E-state index contributed by atoms with van der Waals surface area (Å²) in [7, 11) is -3.68. The van der Waals surface area contributed by atoms with Crippen molar-refractivity contribution in [3.8, 4) is 11.8 Å². The van der Waals surface area contributed by atoms with E-state index in [1.165, 1.54) is 6.07 Å². The van der Waals surface area contributed by atoms with Crippen molar-refractivity contribution < 1.29 is 8.42 Å². The van der Waals surface area contributed by atoms with Gasteiger partial charge in [-0.15, -0.1) is 0 Å². The van der Waals surface area contributed by atoms with Crippen LogP contribution in [-0.4, -0.2) is 8.42 Å². The molecule has 4 heteroatoms. The average molecular weight is 223 g/mol. The monoisotopic (exact) mass is 223 g/mol. The van der Waals surface area contributed by atoms with Crippen LogP contribution in [0.1, 0.15) is 19.4 Å². The Kier molecular flexibility index (Phi) is 3.51. The van der Waals surface area contributed by atoms with E-state index in [2.05, 4.69) is 11.8 Å². The van der Waals surface area contributed by atoms with Crippen molar-refractivity contribution in [2.45, 2.75) is 18.7 Å². The summed E-state index contributed by atoms with van der Waals surface area (Å²) in [5, 5.41) is 5.07. The SMILES string of the molecule is CC(C)C#Cc1ccccc1S(N)(=O)=O. The first-order chi connectivity index (χ1) is 6.91. The zero-order valence-corrected chi connectivity index (χ0v) is 9.51. The molecule has 1 rings (SSSR count). The van der Waals surface area contributed by atoms with Crippen molar-refractivity contribution in [3.63, 3.8) is 0 Å². The summed E-state index contributed by atoms with van der Waals surface area (Å²) in [5.74, 6) is 5.91. The van der Waals surface area contributed by atoms with E-state index in [1.807, 2.05) is 13.8 Å². The van der Waals surface area contributed by atoms with E-state index < -0.39 is 10.0 Å². The van der Waals surface area contributed by atoms with E-state index in [9.17, 15) is 8.42 Å². The fourth-order valence-electron chi connectivity index (χ4n) is 1.04. The van der Waals surface area contributed by atoms with Gasteiger partial charge in [0.25, 0.3) is 0 Å². The molecule has 0 saturated heterocycles. The first kappa shape index (κ1) is 11.8. The largest absolute Gasteiger partial charge is 0.239 e. The summed E-state index contributed by atoms with van der Waals surface area (Å²) < 4.78 is 22.4. The molecule has 1 aromatic rings. The molecule has 0 spiro atoms. The lowest BCUT2D eigenvalue weighted by molar-refractivity contribution is 0.597. The second-order valence-corrected chi connectivity index (χ2v) is 5.00. The zero-order valence-electron chi connectivity index (χ0n) is 8.69. The third-order valence-electron chi connectivity index (χ3n) is 1.69. The molecule has 0 atom stereocenters. The summed E-state index contributed by atoms with van der Waals surface area (Å²) in [6.45, 7) is 3.87. The molecule has 15 heavy (non-hydrogen) atoms. The molecule has 80 valence electrons. The van der Waals surface area contributed by atoms with Gasteiger partial charge in [-0.05, 0) is 12.1 Å². The van der Waals surface area contributed by atoms with Crippen LogP contribution in [0.25, 0.3) is 0 Å². The first-order valence-electron chi connectivity index (χ1n) is 4.54. The molecule has 0 aliphatic carbocycles. The third kappa shape index (κ3) is 3.39. The Morgan fingerprint density at radius 1 is 1.27 bits per heavy atom. The molecule has 2 N–H and O–H groups in total. The maximum Gasteiger partial charge on any atom is 0.239 e. The van der Waals surface area contributed by atoms with Gasteiger partial charge in [0, 0.05) is 11.5 Å². The van der Waals surface area contributed by atoms with Crippen molar-refractivity contribution in [1.82, 2.24) is 0 Å². The number of hydrogen-bond acceptors (Lipinski definition) is 2. The van der Waals surface area contributed by atoms with Gasteiger partial charge in [-0.25, -0.2) is 13.6 Å². The Balaban J connectivity index is 3.28. The highest BCUT2D eigenvalue weighted by Gasteiger charge is 2.10. The molecular weight excluding hydrogens is 210 g/mol. The summed E-state index contributed by atoms with van der Waals surface area (Å²) in [5.41, 5.74) is 0.453. The predicted octanol–water partition coefficient (Wildman–Crippen LogP) is 1.34. The normalized spacial score (nSPS) is 10.9. The van der Waals surface area contributed by atoms with Crippen LogP contribution in [0, 0.1) is 17.8 Å². The lowest BCUT2D eigenvalue weighted by atomic mass is 10.2. The fraction of sp³-hybridized carbons (Fsp3) is 0.273. The number of nitrogens with two attached hydrogens (primary N) is 1. The van der Waals surface area contributed by atoms with E-state index in [-0.39, 0.29) is 10.8 Å².